The summed E-state index contributed by atoms with van der Waals surface area (Å²) in [6.45, 7) is 0. The van der Waals surface area contributed by atoms with Crippen LogP contribution in [-0.4, -0.2) is 4.98 Å². The number of nitrogen functional groups attached to an aromatic ring is 1. The Morgan fingerprint density at radius 1 is 1.38 bits per heavy atom. The van der Waals surface area contributed by atoms with Gasteiger partial charge in [0.25, 0.3) is 0 Å². The number of nitrogens with zero attached hydrogens (tertiary/aromatic N) is 1. The fourth-order valence-corrected chi connectivity index (χ4v) is 2.26. The topological polar surface area (TPSA) is 52.0 Å². The minimum absolute atomic E-state index is 0.455. The number of benzene rings is 1. The predicted octanol–water partition coefficient (Wildman–Crippen LogP) is 2.62. The summed E-state index contributed by atoms with van der Waals surface area (Å²) in [7, 11) is 0. The smallest absolute Gasteiger partial charge is 0.191 e. The average molecular weight is 190 g/mol. The van der Waals surface area contributed by atoms with Gasteiger partial charge in [-0.15, -0.1) is 11.3 Å². The van der Waals surface area contributed by atoms with Crippen molar-refractivity contribution in [2.45, 2.75) is 0 Å². The second-order valence-electron chi connectivity index (χ2n) is 2.83. The first kappa shape index (κ1) is 6.91. The highest BCUT2D eigenvalue weighted by molar-refractivity contribution is 7.17. The Labute approximate surface area is 77.8 Å². The SMILES string of the molecule is Nc1cc2c(ccc3ncsc32)o1. The summed E-state index contributed by atoms with van der Waals surface area (Å²) >= 11 is 1.60. The maximum Gasteiger partial charge on any atom is 0.191 e. The summed E-state index contributed by atoms with van der Waals surface area (Å²) in [6, 6.07) is 5.68. The van der Waals surface area contributed by atoms with E-state index in [9.17, 15) is 0 Å². The zero-order valence-electron chi connectivity index (χ0n) is 6.65. The van der Waals surface area contributed by atoms with Crippen LogP contribution in [0.1, 0.15) is 0 Å². The van der Waals surface area contributed by atoms with Crippen LogP contribution in [-0.2, 0) is 0 Å². The lowest BCUT2D eigenvalue weighted by atomic mass is 10.2. The summed E-state index contributed by atoms with van der Waals surface area (Å²) < 4.78 is 6.44. The van der Waals surface area contributed by atoms with Gasteiger partial charge in [0.1, 0.15) is 5.58 Å². The quantitative estimate of drug-likeness (QED) is 0.592. The van der Waals surface area contributed by atoms with Crippen molar-refractivity contribution in [3.05, 3.63) is 23.7 Å². The maximum absolute atomic E-state index is 5.57. The molecule has 0 bridgehead atoms. The summed E-state index contributed by atoms with van der Waals surface area (Å²) in [6.07, 6.45) is 0. The van der Waals surface area contributed by atoms with Crippen LogP contribution in [0.3, 0.4) is 0 Å². The molecule has 0 aliphatic heterocycles. The molecular formula is C9H6N2OS. The van der Waals surface area contributed by atoms with Crippen molar-refractivity contribution in [3.8, 4) is 0 Å². The van der Waals surface area contributed by atoms with Crippen molar-refractivity contribution in [2.75, 3.05) is 5.73 Å². The number of rotatable bonds is 0. The van der Waals surface area contributed by atoms with Crippen molar-refractivity contribution in [1.82, 2.24) is 4.98 Å². The predicted molar refractivity (Wildman–Crippen MR) is 53.8 cm³/mol. The second-order valence-corrected chi connectivity index (χ2v) is 3.68. The van der Waals surface area contributed by atoms with Gasteiger partial charge in [-0.1, -0.05) is 0 Å². The van der Waals surface area contributed by atoms with Crippen LogP contribution in [0.5, 0.6) is 0 Å². The summed E-state index contributed by atoms with van der Waals surface area (Å²) in [5.41, 5.74) is 9.22. The number of aromatic nitrogens is 1. The van der Waals surface area contributed by atoms with Crippen LogP contribution < -0.4 is 5.73 Å². The van der Waals surface area contributed by atoms with Crippen LogP contribution in [0.25, 0.3) is 21.2 Å². The highest BCUT2D eigenvalue weighted by Crippen LogP contribution is 2.30. The van der Waals surface area contributed by atoms with Crippen molar-refractivity contribution in [1.29, 1.82) is 0 Å². The Hall–Kier alpha value is -1.55. The molecule has 2 heterocycles. The van der Waals surface area contributed by atoms with Crippen LogP contribution >= 0.6 is 11.3 Å². The first-order chi connectivity index (χ1) is 6.34. The molecule has 4 heteroatoms. The molecule has 2 aromatic heterocycles. The van der Waals surface area contributed by atoms with Crippen LogP contribution in [0.15, 0.2) is 28.1 Å². The fraction of sp³-hybridized carbons (Fsp3) is 0. The van der Waals surface area contributed by atoms with Crippen molar-refractivity contribution >= 4 is 38.4 Å². The summed E-state index contributed by atoms with van der Waals surface area (Å²) in [5.74, 6) is 0.455. The van der Waals surface area contributed by atoms with Gasteiger partial charge in [-0.25, -0.2) is 4.98 Å². The van der Waals surface area contributed by atoms with Gasteiger partial charge in [0.15, 0.2) is 5.88 Å². The van der Waals surface area contributed by atoms with Crippen molar-refractivity contribution in [2.24, 2.45) is 0 Å². The van der Waals surface area contributed by atoms with Gasteiger partial charge in [0.05, 0.1) is 15.7 Å². The van der Waals surface area contributed by atoms with Gasteiger partial charge in [0, 0.05) is 11.5 Å². The maximum atomic E-state index is 5.57. The molecule has 2 N–H and O–H groups in total. The van der Waals surface area contributed by atoms with Gasteiger partial charge in [-0.3, -0.25) is 0 Å². The largest absolute Gasteiger partial charge is 0.441 e. The third-order valence-corrected chi connectivity index (χ3v) is 2.89. The van der Waals surface area contributed by atoms with Gasteiger partial charge in [0.2, 0.25) is 0 Å². The zero-order valence-corrected chi connectivity index (χ0v) is 7.47. The number of furan rings is 1. The van der Waals surface area contributed by atoms with E-state index in [1.54, 1.807) is 11.3 Å². The van der Waals surface area contributed by atoms with E-state index >= 15 is 0 Å². The Bertz CT molecular complexity index is 581. The van der Waals surface area contributed by atoms with Gasteiger partial charge in [-0.05, 0) is 12.1 Å². The minimum Gasteiger partial charge on any atom is -0.441 e. The van der Waals surface area contributed by atoms with E-state index in [0.29, 0.717) is 5.88 Å². The van der Waals surface area contributed by atoms with E-state index in [4.69, 9.17) is 10.2 Å². The lowest BCUT2D eigenvalue weighted by Crippen LogP contribution is -1.75. The number of nitrogens with two attached hydrogens (primary N) is 1. The first-order valence-electron chi connectivity index (χ1n) is 3.86. The molecule has 3 aromatic rings. The number of hydrogen-bond acceptors (Lipinski definition) is 4. The standard InChI is InChI=1S/C9H6N2OS/c10-8-3-5-7(12-8)2-1-6-9(5)13-4-11-6/h1-4H,10H2. The fourth-order valence-electron chi connectivity index (χ4n) is 1.46. The molecule has 0 atom stereocenters. The molecule has 1 aromatic carbocycles. The molecule has 0 saturated carbocycles. The Morgan fingerprint density at radius 2 is 2.31 bits per heavy atom. The van der Waals surface area contributed by atoms with E-state index in [-0.39, 0.29) is 0 Å². The molecule has 0 aliphatic rings. The van der Waals surface area contributed by atoms with Crippen molar-refractivity contribution < 1.29 is 4.42 Å². The molecule has 3 rings (SSSR count). The zero-order chi connectivity index (χ0) is 8.84. The highest BCUT2D eigenvalue weighted by Gasteiger charge is 2.06. The van der Waals surface area contributed by atoms with Gasteiger partial charge in [-0.2, -0.15) is 0 Å². The molecule has 13 heavy (non-hydrogen) atoms. The Kier molecular flexibility index (Phi) is 1.19. The molecule has 64 valence electrons. The molecule has 0 spiro atoms. The van der Waals surface area contributed by atoms with Crippen molar-refractivity contribution in [3.63, 3.8) is 0 Å². The van der Waals surface area contributed by atoms with E-state index < -0.39 is 0 Å². The second kappa shape index (κ2) is 2.23. The minimum atomic E-state index is 0.455. The number of anilines is 1. The molecule has 0 aliphatic carbocycles. The van der Waals surface area contributed by atoms with E-state index in [1.807, 2.05) is 23.7 Å². The van der Waals surface area contributed by atoms with Gasteiger partial charge < -0.3 is 10.2 Å². The number of thiazole rings is 1. The third-order valence-electron chi connectivity index (χ3n) is 2.01. The molecule has 0 radical (unpaired) electrons. The van der Waals surface area contributed by atoms with E-state index in [1.165, 1.54) is 0 Å². The third kappa shape index (κ3) is 0.860. The highest BCUT2D eigenvalue weighted by atomic mass is 32.1. The Balaban J connectivity index is 2.64. The van der Waals surface area contributed by atoms with Crippen LogP contribution in [0.2, 0.25) is 0 Å². The summed E-state index contributed by atoms with van der Waals surface area (Å²) in [5, 5.41) is 1.05. The van der Waals surface area contributed by atoms with E-state index in [2.05, 4.69) is 4.98 Å². The molecule has 3 nitrogen and oxygen atoms in total. The van der Waals surface area contributed by atoms with E-state index in [0.717, 1.165) is 21.2 Å². The number of fused-ring (bicyclic) bond motifs is 3. The molecular weight excluding hydrogens is 184 g/mol. The molecule has 0 unspecified atom stereocenters. The van der Waals surface area contributed by atoms with Gasteiger partial charge >= 0.3 is 0 Å². The molecule has 0 amide bonds. The lowest BCUT2D eigenvalue weighted by Gasteiger charge is -1.87. The number of hydrogen-bond donors (Lipinski definition) is 1. The Morgan fingerprint density at radius 3 is 3.23 bits per heavy atom. The first-order valence-corrected chi connectivity index (χ1v) is 4.74. The van der Waals surface area contributed by atoms with Crippen LogP contribution in [0, 0.1) is 0 Å². The molecule has 0 saturated heterocycles. The molecule has 0 fully saturated rings. The monoisotopic (exact) mass is 190 g/mol. The average Bonchev–Trinajstić information content (AvgIpc) is 2.65. The normalized spacial score (nSPS) is 11.4. The van der Waals surface area contributed by atoms with Crippen LogP contribution in [0.4, 0.5) is 5.88 Å². The lowest BCUT2D eigenvalue weighted by molar-refractivity contribution is 0.637. The summed E-state index contributed by atoms with van der Waals surface area (Å²) in [4.78, 5) is 4.21.